The summed E-state index contributed by atoms with van der Waals surface area (Å²) in [6.45, 7) is 9.29. The van der Waals surface area contributed by atoms with Gasteiger partial charge in [0.1, 0.15) is 0 Å². The summed E-state index contributed by atoms with van der Waals surface area (Å²) >= 11 is 0. The fraction of sp³-hybridized carbons (Fsp3) is 0.917. The van der Waals surface area contributed by atoms with Crippen LogP contribution in [0.4, 0.5) is 0 Å². The first-order valence-corrected chi connectivity index (χ1v) is 6.25. The van der Waals surface area contributed by atoms with Gasteiger partial charge in [0.15, 0.2) is 0 Å². The maximum atomic E-state index is 11.1. The standard InChI is InChI=1S/C12H26N2O2/c1-4-14-12(15)7-9-13-8-5-6-10-16-11(2)3/h11,13H,4-10H2,1-3H3,(H,14,15). The van der Waals surface area contributed by atoms with Crippen LogP contribution in [0.5, 0.6) is 0 Å². The molecule has 0 aliphatic carbocycles. The van der Waals surface area contributed by atoms with Crippen molar-refractivity contribution in [1.82, 2.24) is 10.6 Å². The van der Waals surface area contributed by atoms with E-state index in [1.807, 2.05) is 20.8 Å². The minimum atomic E-state index is 0.123. The lowest BCUT2D eigenvalue weighted by molar-refractivity contribution is -0.120. The normalized spacial score (nSPS) is 10.8. The molecule has 0 fully saturated rings. The van der Waals surface area contributed by atoms with E-state index < -0.39 is 0 Å². The van der Waals surface area contributed by atoms with Crippen LogP contribution in [0.25, 0.3) is 0 Å². The topological polar surface area (TPSA) is 50.4 Å². The van der Waals surface area contributed by atoms with Crippen LogP contribution in [0.2, 0.25) is 0 Å². The Morgan fingerprint density at radius 2 is 2.00 bits per heavy atom. The quantitative estimate of drug-likeness (QED) is 0.556. The molecule has 0 aromatic heterocycles. The predicted molar refractivity (Wildman–Crippen MR) is 66.5 cm³/mol. The third-order valence-electron chi connectivity index (χ3n) is 2.10. The molecule has 2 N–H and O–H groups in total. The van der Waals surface area contributed by atoms with Gasteiger partial charge in [0.05, 0.1) is 6.10 Å². The van der Waals surface area contributed by atoms with Gasteiger partial charge in [-0.3, -0.25) is 4.79 Å². The Labute approximate surface area is 99.1 Å². The smallest absolute Gasteiger partial charge is 0.221 e. The molecule has 16 heavy (non-hydrogen) atoms. The van der Waals surface area contributed by atoms with Gasteiger partial charge in [-0.25, -0.2) is 0 Å². The van der Waals surface area contributed by atoms with Gasteiger partial charge in [-0.15, -0.1) is 0 Å². The van der Waals surface area contributed by atoms with E-state index in [2.05, 4.69) is 10.6 Å². The van der Waals surface area contributed by atoms with Crippen molar-refractivity contribution in [2.75, 3.05) is 26.2 Å². The monoisotopic (exact) mass is 230 g/mol. The van der Waals surface area contributed by atoms with E-state index in [1.54, 1.807) is 0 Å². The largest absolute Gasteiger partial charge is 0.379 e. The molecule has 0 aromatic carbocycles. The lowest BCUT2D eigenvalue weighted by atomic mass is 10.3. The van der Waals surface area contributed by atoms with Gasteiger partial charge in [0.2, 0.25) is 5.91 Å². The molecule has 0 aliphatic rings. The number of ether oxygens (including phenoxy) is 1. The first-order valence-electron chi connectivity index (χ1n) is 6.25. The second-order valence-corrected chi connectivity index (χ2v) is 4.08. The van der Waals surface area contributed by atoms with Crippen molar-refractivity contribution in [3.05, 3.63) is 0 Å². The van der Waals surface area contributed by atoms with Crippen LogP contribution in [-0.4, -0.2) is 38.3 Å². The Hall–Kier alpha value is -0.610. The van der Waals surface area contributed by atoms with Gasteiger partial charge in [0.25, 0.3) is 0 Å². The summed E-state index contributed by atoms with van der Waals surface area (Å²) in [5.41, 5.74) is 0. The number of rotatable bonds is 10. The maximum absolute atomic E-state index is 11.1. The van der Waals surface area contributed by atoms with Crippen LogP contribution in [0.1, 0.15) is 40.0 Å². The molecule has 4 heteroatoms. The highest BCUT2D eigenvalue weighted by atomic mass is 16.5. The van der Waals surface area contributed by atoms with Crippen molar-refractivity contribution in [2.45, 2.75) is 46.1 Å². The van der Waals surface area contributed by atoms with Crippen LogP contribution in [0.15, 0.2) is 0 Å². The molecular formula is C12H26N2O2. The van der Waals surface area contributed by atoms with E-state index in [0.717, 1.165) is 32.5 Å². The highest BCUT2D eigenvalue weighted by Gasteiger charge is 1.97. The Kier molecular flexibility index (Phi) is 10.5. The summed E-state index contributed by atoms with van der Waals surface area (Å²) < 4.78 is 5.43. The molecule has 0 saturated heterocycles. The molecule has 0 bridgehead atoms. The molecule has 96 valence electrons. The van der Waals surface area contributed by atoms with Gasteiger partial charge < -0.3 is 15.4 Å². The molecule has 0 saturated carbocycles. The summed E-state index contributed by atoms with van der Waals surface area (Å²) in [5.74, 6) is 0.123. The summed E-state index contributed by atoms with van der Waals surface area (Å²) in [4.78, 5) is 11.1. The summed E-state index contributed by atoms with van der Waals surface area (Å²) in [5, 5.41) is 6.02. The van der Waals surface area contributed by atoms with E-state index in [-0.39, 0.29) is 5.91 Å². The molecule has 4 nitrogen and oxygen atoms in total. The summed E-state index contributed by atoms with van der Waals surface area (Å²) in [7, 11) is 0. The SMILES string of the molecule is CCNC(=O)CCNCCCCOC(C)C. The molecule has 0 atom stereocenters. The Bertz CT molecular complexity index is 172. The molecular weight excluding hydrogens is 204 g/mol. The molecule has 0 unspecified atom stereocenters. The van der Waals surface area contributed by atoms with Gasteiger partial charge in [-0.2, -0.15) is 0 Å². The number of hydrogen-bond acceptors (Lipinski definition) is 3. The average Bonchev–Trinajstić information content (AvgIpc) is 2.22. The number of amides is 1. The van der Waals surface area contributed by atoms with E-state index in [1.165, 1.54) is 0 Å². The van der Waals surface area contributed by atoms with Gasteiger partial charge >= 0.3 is 0 Å². The van der Waals surface area contributed by atoms with Crippen molar-refractivity contribution in [1.29, 1.82) is 0 Å². The minimum absolute atomic E-state index is 0.123. The van der Waals surface area contributed by atoms with E-state index in [0.29, 0.717) is 19.1 Å². The Balaban J connectivity index is 3.07. The van der Waals surface area contributed by atoms with E-state index >= 15 is 0 Å². The zero-order valence-electron chi connectivity index (χ0n) is 10.8. The number of carbonyl (C=O) groups excluding carboxylic acids is 1. The maximum Gasteiger partial charge on any atom is 0.221 e. The second kappa shape index (κ2) is 10.9. The van der Waals surface area contributed by atoms with Crippen LogP contribution in [0.3, 0.4) is 0 Å². The minimum Gasteiger partial charge on any atom is -0.379 e. The molecule has 0 heterocycles. The van der Waals surface area contributed by atoms with Gasteiger partial charge in [-0.05, 0) is 40.2 Å². The molecule has 0 rings (SSSR count). The van der Waals surface area contributed by atoms with Crippen molar-refractivity contribution >= 4 is 5.91 Å². The molecule has 0 radical (unpaired) electrons. The highest BCUT2D eigenvalue weighted by Crippen LogP contribution is 1.93. The van der Waals surface area contributed by atoms with E-state index in [4.69, 9.17) is 4.74 Å². The zero-order chi connectivity index (χ0) is 12.2. The first-order chi connectivity index (χ1) is 7.66. The Morgan fingerprint density at radius 1 is 1.25 bits per heavy atom. The predicted octanol–water partition coefficient (Wildman–Crippen LogP) is 1.31. The molecule has 0 aromatic rings. The zero-order valence-corrected chi connectivity index (χ0v) is 10.8. The highest BCUT2D eigenvalue weighted by molar-refractivity contribution is 5.75. The van der Waals surface area contributed by atoms with E-state index in [9.17, 15) is 4.79 Å². The Morgan fingerprint density at radius 3 is 2.62 bits per heavy atom. The molecule has 0 aliphatic heterocycles. The number of unbranched alkanes of at least 4 members (excludes halogenated alkanes) is 1. The molecule has 1 amide bonds. The van der Waals surface area contributed by atoms with Crippen molar-refractivity contribution in [3.63, 3.8) is 0 Å². The van der Waals surface area contributed by atoms with Crippen molar-refractivity contribution in [2.24, 2.45) is 0 Å². The lowest BCUT2D eigenvalue weighted by Crippen LogP contribution is -2.27. The third kappa shape index (κ3) is 11.5. The van der Waals surface area contributed by atoms with Crippen LogP contribution >= 0.6 is 0 Å². The fourth-order valence-corrected chi connectivity index (χ4v) is 1.28. The van der Waals surface area contributed by atoms with Gasteiger partial charge in [-0.1, -0.05) is 0 Å². The van der Waals surface area contributed by atoms with Crippen LogP contribution < -0.4 is 10.6 Å². The average molecular weight is 230 g/mol. The van der Waals surface area contributed by atoms with Crippen LogP contribution in [-0.2, 0) is 9.53 Å². The lowest BCUT2D eigenvalue weighted by Gasteiger charge is -2.07. The first kappa shape index (κ1) is 15.4. The fourth-order valence-electron chi connectivity index (χ4n) is 1.28. The summed E-state index contributed by atoms with van der Waals surface area (Å²) in [6, 6.07) is 0. The molecule has 0 spiro atoms. The van der Waals surface area contributed by atoms with Crippen molar-refractivity contribution < 1.29 is 9.53 Å². The summed E-state index contributed by atoms with van der Waals surface area (Å²) in [6.07, 6.45) is 3.07. The van der Waals surface area contributed by atoms with Crippen molar-refractivity contribution in [3.8, 4) is 0 Å². The number of nitrogens with one attached hydrogen (secondary N) is 2. The van der Waals surface area contributed by atoms with Crippen LogP contribution in [0, 0.1) is 0 Å². The van der Waals surface area contributed by atoms with Gasteiger partial charge in [0, 0.05) is 26.1 Å². The number of hydrogen-bond donors (Lipinski definition) is 2. The number of carbonyl (C=O) groups is 1. The second-order valence-electron chi connectivity index (χ2n) is 4.08. The third-order valence-corrected chi connectivity index (χ3v) is 2.10.